The van der Waals surface area contributed by atoms with Crippen LogP contribution in [0.1, 0.15) is 38.7 Å². The van der Waals surface area contributed by atoms with Crippen LogP contribution in [0, 0.1) is 0 Å². The van der Waals surface area contributed by atoms with Gasteiger partial charge in [0.05, 0.1) is 6.61 Å². The van der Waals surface area contributed by atoms with E-state index in [0.29, 0.717) is 6.04 Å². The Bertz CT molecular complexity index is 385. The first kappa shape index (κ1) is 15.5. The lowest BCUT2D eigenvalue weighted by Crippen LogP contribution is -2.57. The highest BCUT2D eigenvalue weighted by Gasteiger charge is 2.34. The van der Waals surface area contributed by atoms with Crippen LogP contribution >= 0.6 is 0 Å². The number of piperidine rings is 1. The van der Waals surface area contributed by atoms with Gasteiger partial charge >= 0.3 is 0 Å². The molecule has 1 aliphatic heterocycles. The molecular formula is C17H28N2O. The van der Waals surface area contributed by atoms with E-state index in [1.807, 2.05) is 0 Å². The van der Waals surface area contributed by atoms with Gasteiger partial charge in [0, 0.05) is 31.2 Å². The van der Waals surface area contributed by atoms with Gasteiger partial charge in [-0.2, -0.15) is 0 Å². The van der Waals surface area contributed by atoms with Crippen LogP contribution in [0.5, 0.6) is 0 Å². The second kappa shape index (κ2) is 7.21. The average Bonchev–Trinajstić information content (AvgIpc) is 2.50. The minimum atomic E-state index is -0.0669. The Morgan fingerprint density at radius 1 is 1.25 bits per heavy atom. The van der Waals surface area contributed by atoms with Crippen LogP contribution in [0.3, 0.4) is 0 Å². The topological polar surface area (TPSA) is 35.5 Å². The molecule has 20 heavy (non-hydrogen) atoms. The van der Waals surface area contributed by atoms with Crippen molar-refractivity contribution >= 4 is 0 Å². The fourth-order valence-electron chi connectivity index (χ4n) is 2.95. The molecular weight excluding hydrogens is 248 g/mol. The minimum absolute atomic E-state index is 0.0669. The number of aliphatic hydroxyl groups excluding tert-OH is 1. The number of hydrogen-bond acceptors (Lipinski definition) is 3. The number of nitrogens with zero attached hydrogens (tertiary/aromatic N) is 1. The second-order valence-corrected chi connectivity index (χ2v) is 6.15. The zero-order chi connectivity index (χ0) is 14.4. The predicted molar refractivity (Wildman–Crippen MR) is 83.7 cm³/mol. The van der Waals surface area contributed by atoms with Crippen molar-refractivity contribution in [1.82, 2.24) is 10.2 Å². The minimum Gasteiger partial charge on any atom is -0.394 e. The molecule has 0 radical (unpaired) electrons. The zero-order valence-electron chi connectivity index (χ0n) is 12.8. The molecule has 0 spiro atoms. The average molecular weight is 276 g/mol. The maximum absolute atomic E-state index is 9.78. The summed E-state index contributed by atoms with van der Waals surface area (Å²) in [4.78, 5) is 2.49. The Morgan fingerprint density at radius 3 is 2.45 bits per heavy atom. The largest absolute Gasteiger partial charge is 0.394 e. The van der Waals surface area contributed by atoms with Gasteiger partial charge < -0.3 is 10.4 Å². The lowest BCUT2D eigenvalue weighted by molar-refractivity contribution is 0.0677. The number of likely N-dealkylation sites (tertiary alicyclic amines) is 1. The van der Waals surface area contributed by atoms with Crippen molar-refractivity contribution in [3.8, 4) is 0 Å². The zero-order valence-corrected chi connectivity index (χ0v) is 12.8. The highest BCUT2D eigenvalue weighted by atomic mass is 16.3. The molecule has 1 saturated heterocycles. The SMILES string of the molecule is CCC(C)NC1(CO)CCN(Cc2ccccc2)CC1. The van der Waals surface area contributed by atoms with E-state index in [9.17, 15) is 5.11 Å². The highest BCUT2D eigenvalue weighted by molar-refractivity contribution is 5.14. The first-order valence-electron chi connectivity index (χ1n) is 7.82. The van der Waals surface area contributed by atoms with Crippen molar-refractivity contribution in [2.24, 2.45) is 0 Å². The van der Waals surface area contributed by atoms with Crippen molar-refractivity contribution in [3.05, 3.63) is 35.9 Å². The molecule has 3 heteroatoms. The van der Waals surface area contributed by atoms with Gasteiger partial charge in [-0.15, -0.1) is 0 Å². The van der Waals surface area contributed by atoms with E-state index in [0.717, 1.165) is 38.9 Å². The van der Waals surface area contributed by atoms with Gasteiger partial charge in [-0.3, -0.25) is 4.90 Å². The van der Waals surface area contributed by atoms with Gasteiger partial charge in [0.25, 0.3) is 0 Å². The summed E-state index contributed by atoms with van der Waals surface area (Å²) < 4.78 is 0. The van der Waals surface area contributed by atoms with Crippen molar-refractivity contribution in [1.29, 1.82) is 0 Å². The Balaban J connectivity index is 1.87. The van der Waals surface area contributed by atoms with E-state index in [-0.39, 0.29) is 12.1 Å². The highest BCUT2D eigenvalue weighted by Crippen LogP contribution is 2.24. The van der Waals surface area contributed by atoms with Crippen LogP contribution in [0.15, 0.2) is 30.3 Å². The fraction of sp³-hybridized carbons (Fsp3) is 0.647. The van der Waals surface area contributed by atoms with E-state index in [1.54, 1.807) is 0 Å². The summed E-state index contributed by atoms with van der Waals surface area (Å²) in [5.41, 5.74) is 1.31. The normalized spacial score (nSPS) is 20.8. The van der Waals surface area contributed by atoms with Gasteiger partial charge in [0.15, 0.2) is 0 Å². The molecule has 0 amide bonds. The van der Waals surface area contributed by atoms with Gasteiger partial charge in [-0.05, 0) is 31.7 Å². The van der Waals surface area contributed by atoms with Gasteiger partial charge in [-0.25, -0.2) is 0 Å². The quantitative estimate of drug-likeness (QED) is 0.837. The van der Waals surface area contributed by atoms with Crippen LogP contribution in [0.2, 0.25) is 0 Å². The second-order valence-electron chi connectivity index (χ2n) is 6.15. The van der Waals surface area contributed by atoms with Crippen molar-refractivity contribution < 1.29 is 5.11 Å². The number of benzene rings is 1. The summed E-state index contributed by atoms with van der Waals surface area (Å²) in [6.45, 7) is 7.76. The predicted octanol–water partition coefficient (Wildman–Crippen LogP) is 2.40. The van der Waals surface area contributed by atoms with Gasteiger partial charge in [0.1, 0.15) is 0 Å². The summed E-state index contributed by atoms with van der Waals surface area (Å²) in [7, 11) is 0. The Labute approximate surface area is 123 Å². The van der Waals surface area contributed by atoms with Crippen LogP contribution in [-0.4, -0.2) is 41.3 Å². The molecule has 1 heterocycles. The van der Waals surface area contributed by atoms with Crippen LogP contribution in [0.4, 0.5) is 0 Å². The third kappa shape index (κ3) is 4.05. The Morgan fingerprint density at radius 2 is 1.90 bits per heavy atom. The maximum Gasteiger partial charge on any atom is 0.0614 e. The van der Waals surface area contributed by atoms with Crippen molar-refractivity contribution in [2.75, 3.05) is 19.7 Å². The number of nitrogens with one attached hydrogen (secondary N) is 1. The number of aliphatic hydroxyl groups is 1. The first-order valence-corrected chi connectivity index (χ1v) is 7.82. The van der Waals surface area contributed by atoms with Gasteiger partial charge in [0.2, 0.25) is 0 Å². The van der Waals surface area contributed by atoms with Crippen molar-refractivity contribution in [3.63, 3.8) is 0 Å². The number of rotatable bonds is 6. The maximum atomic E-state index is 9.78. The van der Waals surface area contributed by atoms with E-state index in [2.05, 4.69) is 54.4 Å². The smallest absolute Gasteiger partial charge is 0.0614 e. The standard InChI is InChI=1S/C17H28N2O/c1-3-15(2)18-17(14-20)9-11-19(12-10-17)13-16-7-5-4-6-8-16/h4-8,15,18,20H,3,9-14H2,1-2H3. The molecule has 0 aromatic heterocycles. The molecule has 1 aliphatic rings. The van der Waals surface area contributed by atoms with E-state index in [1.165, 1.54) is 5.56 Å². The van der Waals surface area contributed by atoms with Crippen LogP contribution in [-0.2, 0) is 6.54 Å². The Hall–Kier alpha value is -0.900. The molecule has 1 fully saturated rings. The molecule has 1 aromatic rings. The fourth-order valence-corrected chi connectivity index (χ4v) is 2.95. The lowest BCUT2D eigenvalue weighted by atomic mass is 9.87. The summed E-state index contributed by atoms with van der Waals surface area (Å²) >= 11 is 0. The van der Waals surface area contributed by atoms with Crippen LogP contribution in [0.25, 0.3) is 0 Å². The lowest BCUT2D eigenvalue weighted by Gasteiger charge is -2.43. The molecule has 112 valence electrons. The molecule has 0 saturated carbocycles. The van der Waals surface area contributed by atoms with E-state index < -0.39 is 0 Å². The molecule has 3 nitrogen and oxygen atoms in total. The summed E-state index contributed by atoms with van der Waals surface area (Å²) in [5.74, 6) is 0. The third-order valence-corrected chi connectivity index (χ3v) is 4.53. The molecule has 2 rings (SSSR count). The van der Waals surface area contributed by atoms with Gasteiger partial charge in [-0.1, -0.05) is 37.3 Å². The summed E-state index contributed by atoms with van der Waals surface area (Å²) in [5, 5.41) is 13.4. The third-order valence-electron chi connectivity index (χ3n) is 4.53. The Kier molecular flexibility index (Phi) is 5.58. The van der Waals surface area contributed by atoms with E-state index in [4.69, 9.17) is 0 Å². The molecule has 0 aliphatic carbocycles. The summed E-state index contributed by atoms with van der Waals surface area (Å²) in [6, 6.07) is 11.1. The monoisotopic (exact) mass is 276 g/mol. The first-order chi connectivity index (χ1) is 9.67. The molecule has 1 aromatic carbocycles. The van der Waals surface area contributed by atoms with Crippen LogP contribution < -0.4 is 5.32 Å². The molecule has 1 atom stereocenters. The molecule has 1 unspecified atom stereocenters. The molecule has 0 bridgehead atoms. The summed E-state index contributed by atoms with van der Waals surface area (Å²) in [6.07, 6.45) is 3.16. The number of hydrogen-bond donors (Lipinski definition) is 2. The molecule has 2 N–H and O–H groups in total. The van der Waals surface area contributed by atoms with E-state index >= 15 is 0 Å². The van der Waals surface area contributed by atoms with Crippen molar-refractivity contribution in [2.45, 2.75) is 51.2 Å².